The first-order valence-corrected chi connectivity index (χ1v) is 4.93. The van der Waals surface area contributed by atoms with E-state index >= 15 is 0 Å². The zero-order chi connectivity index (χ0) is 9.42. The van der Waals surface area contributed by atoms with Crippen LogP contribution in [-0.2, 0) is 0 Å². The van der Waals surface area contributed by atoms with Crippen LogP contribution in [0.25, 0.3) is 10.8 Å². The van der Waals surface area contributed by atoms with Gasteiger partial charge in [-0.15, -0.1) is 0 Å². The Morgan fingerprint density at radius 3 is 2.46 bits per heavy atom. The topological polar surface area (TPSA) is 26.0 Å². The van der Waals surface area contributed by atoms with E-state index in [0.29, 0.717) is 0 Å². The van der Waals surface area contributed by atoms with Crippen LogP contribution in [0.1, 0.15) is 5.56 Å². The molecule has 2 aromatic carbocycles. The highest BCUT2D eigenvalue weighted by atomic mass is 79.9. The SMILES string of the molecule is Cc1cc(N)c2ccccc2c1Br. The summed E-state index contributed by atoms with van der Waals surface area (Å²) in [5.41, 5.74) is 7.93. The summed E-state index contributed by atoms with van der Waals surface area (Å²) in [6.45, 7) is 2.05. The van der Waals surface area contributed by atoms with E-state index in [9.17, 15) is 0 Å². The Morgan fingerprint density at radius 2 is 1.77 bits per heavy atom. The molecule has 2 rings (SSSR count). The Morgan fingerprint density at radius 1 is 1.15 bits per heavy atom. The van der Waals surface area contributed by atoms with Crippen LogP contribution in [0.3, 0.4) is 0 Å². The van der Waals surface area contributed by atoms with Crippen molar-refractivity contribution < 1.29 is 0 Å². The summed E-state index contributed by atoms with van der Waals surface area (Å²) in [6.07, 6.45) is 0. The third-order valence-electron chi connectivity index (χ3n) is 2.19. The molecule has 0 bridgehead atoms. The van der Waals surface area contributed by atoms with E-state index in [2.05, 4.69) is 22.0 Å². The van der Waals surface area contributed by atoms with Crippen molar-refractivity contribution in [3.05, 3.63) is 40.4 Å². The molecule has 0 aliphatic carbocycles. The standard InChI is InChI=1S/C11H10BrN/c1-7-6-10(13)8-4-2-3-5-9(8)11(7)12/h2-6H,13H2,1H3. The summed E-state index contributed by atoms with van der Waals surface area (Å²) in [7, 11) is 0. The van der Waals surface area contributed by atoms with Crippen LogP contribution >= 0.6 is 15.9 Å². The molecule has 1 nitrogen and oxygen atoms in total. The molecule has 0 atom stereocenters. The minimum atomic E-state index is 0.844. The molecular weight excluding hydrogens is 226 g/mol. The van der Waals surface area contributed by atoms with E-state index in [4.69, 9.17) is 5.73 Å². The van der Waals surface area contributed by atoms with Crippen molar-refractivity contribution in [2.24, 2.45) is 0 Å². The fourth-order valence-corrected chi connectivity index (χ4v) is 1.97. The molecule has 0 unspecified atom stereocenters. The van der Waals surface area contributed by atoms with E-state index in [1.165, 1.54) is 10.9 Å². The molecule has 2 heteroatoms. The highest BCUT2D eigenvalue weighted by Gasteiger charge is 2.03. The van der Waals surface area contributed by atoms with Gasteiger partial charge in [0.05, 0.1) is 0 Å². The fourth-order valence-electron chi connectivity index (χ4n) is 1.51. The summed E-state index contributed by atoms with van der Waals surface area (Å²) in [4.78, 5) is 0. The number of anilines is 1. The van der Waals surface area contributed by atoms with Crippen LogP contribution in [-0.4, -0.2) is 0 Å². The first-order chi connectivity index (χ1) is 6.20. The van der Waals surface area contributed by atoms with Crippen molar-refractivity contribution in [3.8, 4) is 0 Å². The minimum Gasteiger partial charge on any atom is -0.398 e. The maximum atomic E-state index is 5.91. The smallest absolute Gasteiger partial charge is 0.0397 e. The van der Waals surface area contributed by atoms with Gasteiger partial charge in [-0.1, -0.05) is 24.3 Å². The monoisotopic (exact) mass is 235 g/mol. The number of nitrogen functional groups attached to an aromatic ring is 1. The number of nitrogens with two attached hydrogens (primary N) is 1. The van der Waals surface area contributed by atoms with Crippen molar-refractivity contribution in [1.29, 1.82) is 0 Å². The maximum absolute atomic E-state index is 5.91. The summed E-state index contributed by atoms with van der Waals surface area (Å²) in [6, 6.07) is 10.1. The van der Waals surface area contributed by atoms with Gasteiger partial charge in [0.15, 0.2) is 0 Å². The zero-order valence-corrected chi connectivity index (χ0v) is 8.93. The summed E-state index contributed by atoms with van der Waals surface area (Å²) in [5.74, 6) is 0. The second-order valence-electron chi connectivity index (χ2n) is 3.14. The van der Waals surface area contributed by atoms with Gasteiger partial charge in [0.1, 0.15) is 0 Å². The Hall–Kier alpha value is -1.02. The maximum Gasteiger partial charge on any atom is 0.0397 e. The van der Waals surface area contributed by atoms with Crippen molar-refractivity contribution in [1.82, 2.24) is 0 Å². The molecule has 0 amide bonds. The van der Waals surface area contributed by atoms with Crippen molar-refractivity contribution in [3.63, 3.8) is 0 Å². The normalized spacial score (nSPS) is 10.6. The van der Waals surface area contributed by atoms with Crippen LogP contribution in [0, 0.1) is 6.92 Å². The molecule has 0 aromatic heterocycles. The Kier molecular flexibility index (Phi) is 2.00. The molecule has 0 saturated carbocycles. The summed E-state index contributed by atoms with van der Waals surface area (Å²) < 4.78 is 1.14. The average molecular weight is 236 g/mol. The van der Waals surface area contributed by atoms with Crippen LogP contribution in [0.15, 0.2) is 34.8 Å². The quantitative estimate of drug-likeness (QED) is 0.696. The zero-order valence-electron chi connectivity index (χ0n) is 7.34. The van der Waals surface area contributed by atoms with E-state index in [-0.39, 0.29) is 0 Å². The largest absolute Gasteiger partial charge is 0.398 e. The van der Waals surface area contributed by atoms with Gasteiger partial charge < -0.3 is 5.73 Å². The van der Waals surface area contributed by atoms with E-state index in [1.807, 2.05) is 31.2 Å². The van der Waals surface area contributed by atoms with Gasteiger partial charge in [-0.05, 0) is 39.9 Å². The van der Waals surface area contributed by atoms with Crippen molar-refractivity contribution in [2.75, 3.05) is 5.73 Å². The Labute approximate surface area is 85.7 Å². The number of hydrogen-bond donors (Lipinski definition) is 1. The Balaban J connectivity index is 2.97. The number of halogens is 1. The lowest BCUT2D eigenvalue weighted by Gasteiger charge is -2.06. The van der Waals surface area contributed by atoms with Gasteiger partial charge in [-0.3, -0.25) is 0 Å². The van der Waals surface area contributed by atoms with Gasteiger partial charge in [-0.25, -0.2) is 0 Å². The Bertz CT molecular complexity index is 463. The predicted molar refractivity (Wildman–Crippen MR) is 60.8 cm³/mol. The van der Waals surface area contributed by atoms with Gasteiger partial charge in [0, 0.05) is 15.5 Å². The highest BCUT2D eigenvalue weighted by Crippen LogP contribution is 2.31. The average Bonchev–Trinajstić information content (AvgIpc) is 2.15. The fraction of sp³-hybridized carbons (Fsp3) is 0.0909. The van der Waals surface area contributed by atoms with Crippen LogP contribution in [0.2, 0.25) is 0 Å². The molecule has 0 aliphatic heterocycles. The second kappa shape index (κ2) is 3.04. The second-order valence-corrected chi connectivity index (χ2v) is 3.94. The molecule has 0 spiro atoms. The van der Waals surface area contributed by atoms with E-state index in [1.54, 1.807) is 0 Å². The number of fused-ring (bicyclic) bond motifs is 1. The number of hydrogen-bond acceptors (Lipinski definition) is 1. The lowest BCUT2D eigenvalue weighted by atomic mass is 10.1. The first kappa shape index (κ1) is 8.57. The summed E-state index contributed by atoms with van der Waals surface area (Å²) in [5, 5.41) is 2.29. The molecular formula is C11H10BrN. The predicted octanol–water partition coefficient (Wildman–Crippen LogP) is 3.49. The van der Waals surface area contributed by atoms with Crippen LogP contribution in [0.4, 0.5) is 5.69 Å². The lowest BCUT2D eigenvalue weighted by molar-refractivity contribution is 1.47. The molecule has 0 heterocycles. The molecule has 0 aliphatic rings. The molecule has 0 saturated heterocycles. The van der Waals surface area contributed by atoms with Crippen molar-refractivity contribution >= 4 is 32.4 Å². The van der Waals surface area contributed by atoms with Gasteiger partial charge in [-0.2, -0.15) is 0 Å². The molecule has 2 aromatic rings. The number of aryl methyl sites for hydroxylation is 1. The molecule has 2 N–H and O–H groups in total. The summed E-state index contributed by atoms with van der Waals surface area (Å²) >= 11 is 3.56. The van der Waals surface area contributed by atoms with E-state index in [0.717, 1.165) is 15.5 Å². The first-order valence-electron chi connectivity index (χ1n) is 4.13. The minimum absolute atomic E-state index is 0.844. The van der Waals surface area contributed by atoms with Gasteiger partial charge in [0.2, 0.25) is 0 Å². The van der Waals surface area contributed by atoms with Crippen LogP contribution < -0.4 is 5.73 Å². The molecule has 13 heavy (non-hydrogen) atoms. The van der Waals surface area contributed by atoms with Crippen LogP contribution in [0.5, 0.6) is 0 Å². The van der Waals surface area contributed by atoms with Crippen molar-refractivity contribution in [2.45, 2.75) is 6.92 Å². The van der Waals surface area contributed by atoms with Gasteiger partial charge >= 0.3 is 0 Å². The molecule has 0 radical (unpaired) electrons. The number of benzene rings is 2. The third-order valence-corrected chi connectivity index (χ3v) is 3.25. The number of rotatable bonds is 0. The highest BCUT2D eigenvalue weighted by molar-refractivity contribution is 9.10. The lowest BCUT2D eigenvalue weighted by Crippen LogP contribution is -1.89. The van der Waals surface area contributed by atoms with E-state index < -0.39 is 0 Å². The molecule has 66 valence electrons. The van der Waals surface area contributed by atoms with Gasteiger partial charge in [0.25, 0.3) is 0 Å². The third kappa shape index (κ3) is 1.31. The molecule has 0 fully saturated rings.